The Bertz CT molecular complexity index is 347. The van der Waals surface area contributed by atoms with Crippen LogP contribution in [-0.4, -0.2) is 35.1 Å². The number of nitrogens with one attached hydrogen (secondary N) is 1. The standard InChI is InChI=1S/C12H21N3O.ClH/c1-8-6-15(9(2)5-13-8)7-12-14-10(3)11(4)16-12;/h8-9,13H,5-7H2,1-4H3;1H. The van der Waals surface area contributed by atoms with Crippen LogP contribution in [0, 0.1) is 13.8 Å². The fourth-order valence-electron chi connectivity index (χ4n) is 2.10. The topological polar surface area (TPSA) is 41.3 Å². The van der Waals surface area contributed by atoms with E-state index >= 15 is 0 Å². The molecule has 98 valence electrons. The maximum Gasteiger partial charge on any atom is 0.208 e. The van der Waals surface area contributed by atoms with Crippen LogP contribution in [0.25, 0.3) is 0 Å². The fourth-order valence-corrected chi connectivity index (χ4v) is 2.10. The van der Waals surface area contributed by atoms with Gasteiger partial charge in [0.05, 0.1) is 12.2 Å². The zero-order valence-electron chi connectivity index (χ0n) is 11.0. The normalized spacial score (nSPS) is 25.6. The zero-order chi connectivity index (χ0) is 11.7. The minimum atomic E-state index is 0. The Morgan fingerprint density at radius 3 is 2.71 bits per heavy atom. The van der Waals surface area contributed by atoms with Gasteiger partial charge in [-0.15, -0.1) is 12.4 Å². The number of aromatic nitrogens is 1. The van der Waals surface area contributed by atoms with Gasteiger partial charge in [0.1, 0.15) is 5.76 Å². The summed E-state index contributed by atoms with van der Waals surface area (Å²) in [5.41, 5.74) is 1.01. The highest BCUT2D eigenvalue weighted by molar-refractivity contribution is 5.85. The van der Waals surface area contributed by atoms with E-state index < -0.39 is 0 Å². The molecule has 1 aliphatic rings. The quantitative estimate of drug-likeness (QED) is 0.881. The van der Waals surface area contributed by atoms with Gasteiger partial charge in [-0.1, -0.05) is 0 Å². The van der Waals surface area contributed by atoms with Gasteiger partial charge in [0, 0.05) is 25.2 Å². The van der Waals surface area contributed by atoms with Crippen LogP contribution in [0.1, 0.15) is 31.2 Å². The van der Waals surface area contributed by atoms with Gasteiger partial charge >= 0.3 is 0 Å². The van der Waals surface area contributed by atoms with E-state index in [0.717, 1.165) is 37.0 Å². The molecule has 1 aliphatic heterocycles. The van der Waals surface area contributed by atoms with Gasteiger partial charge in [-0.25, -0.2) is 4.98 Å². The molecule has 0 bridgehead atoms. The Labute approximate surface area is 109 Å². The van der Waals surface area contributed by atoms with Crippen LogP contribution in [0.3, 0.4) is 0 Å². The molecule has 2 heterocycles. The van der Waals surface area contributed by atoms with Crippen molar-refractivity contribution in [3.63, 3.8) is 0 Å². The SMILES string of the molecule is Cc1nc(CN2CC(C)NCC2C)oc1C.Cl. The number of oxazole rings is 1. The van der Waals surface area contributed by atoms with Gasteiger partial charge < -0.3 is 9.73 Å². The first-order chi connectivity index (χ1) is 7.56. The number of halogens is 1. The molecular weight excluding hydrogens is 238 g/mol. The molecule has 17 heavy (non-hydrogen) atoms. The van der Waals surface area contributed by atoms with E-state index in [1.807, 2.05) is 13.8 Å². The highest BCUT2D eigenvalue weighted by Crippen LogP contribution is 2.14. The Morgan fingerprint density at radius 2 is 2.12 bits per heavy atom. The summed E-state index contributed by atoms with van der Waals surface area (Å²) in [6, 6.07) is 1.09. The molecule has 0 saturated carbocycles. The summed E-state index contributed by atoms with van der Waals surface area (Å²) >= 11 is 0. The van der Waals surface area contributed by atoms with Crippen molar-refractivity contribution in [3.05, 3.63) is 17.3 Å². The predicted octanol–water partition coefficient (Wildman–Crippen LogP) is 1.90. The van der Waals surface area contributed by atoms with E-state index in [4.69, 9.17) is 4.42 Å². The van der Waals surface area contributed by atoms with Gasteiger partial charge in [0.2, 0.25) is 5.89 Å². The third-order valence-electron chi connectivity index (χ3n) is 3.30. The van der Waals surface area contributed by atoms with Gasteiger partial charge in [-0.3, -0.25) is 4.90 Å². The lowest BCUT2D eigenvalue weighted by molar-refractivity contribution is 0.126. The van der Waals surface area contributed by atoms with E-state index in [1.165, 1.54) is 0 Å². The molecule has 2 atom stereocenters. The summed E-state index contributed by atoms with van der Waals surface area (Å²) in [6.07, 6.45) is 0. The molecule has 1 saturated heterocycles. The maximum absolute atomic E-state index is 5.63. The monoisotopic (exact) mass is 259 g/mol. The molecule has 1 N–H and O–H groups in total. The summed E-state index contributed by atoms with van der Waals surface area (Å²) in [5, 5.41) is 3.47. The molecule has 0 aliphatic carbocycles. The van der Waals surface area contributed by atoms with Crippen molar-refractivity contribution in [3.8, 4) is 0 Å². The van der Waals surface area contributed by atoms with Crippen LogP contribution in [0.2, 0.25) is 0 Å². The van der Waals surface area contributed by atoms with Gasteiger partial charge in [-0.05, 0) is 27.7 Å². The summed E-state index contributed by atoms with van der Waals surface area (Å²) in [7, 11) is 0. The van der Waals surface area contributed by atoms with Crippen molar-refractivity contribution in [1.29, 1.82) is 0 Å². The second kappa shape index (κ2) is 5.85. The van der Waals surface area contributed by atoms with E-state index in [1.54, 1.807) is 0 Å². The molecule has 4 nitrogen and oxygen atoms in total. The summed E-state index contributed by atoms with van der Waals surface area (Å²) in [5.74, 6) is 1.78. The van der Waals surface area contributed by atoms with Crippen LogP contribution >= 0.6 is 12.4 Å². The first-order valence-corrected chi connectivity index (χ1v) is 5.96. The average molecular weight is 260 g/mol. The number of piperazine rings is 1. The number of rotatable bonds is 2. The van der Waals surface area contributed by atoms with E-state index in [-0.39, 0.29) is 12.4 Å². The predicted molar refractivity (Wildman–Crippen MR) is 70.6 cm³/mol. The van der Waals surface area contributed by atoms with Crippen LogP contribution in [-0.2, 0) is 6.54 Å². The minimum Gasteiger partial charge on any atom is -0.444 e. The molecule has 2 rings (SSSR count). The Morgan fingerprint density at radius 1 is 1.41 bits per heavy atom. The van der Waals surface area contributed by atoms with Crippen molar-refractivity contribution < 1.29 is 4.42 Å². The third-order valence-corrected chi connectivity index (χ3v) is 3.30. The summed E-state index contributed by atoms with van der Waals surface area (Å²) < 4.78 is 5.63. The number of hydrogen-bond acceptors (Lipinski definition) is 4. The lowest BCUT2D eigenvalue weighted by Gasteiger charge is -2.36. The van der Waals surface area contributed by atoms with Crippen molar-refractivity contribution in [2.24, 2.45) is 0 Å². The molecule has 0 amide bonds. The highest BCUT2D eigenvalue weighted by Gasteiger charge is 2.23. The largest absolute Gasteiger partial charge is 0.444 e. The molecule has 0 spiro atoms. The van der Waals surface area contributed by atoms with E-state index in [9.17, 15) is 0 Å². The number of nitrogens with zero attached hydrogens (tertiary/aromatic N) is 2. The molecule has 1 fully saturated rings. The Balaban J connectivity index is 0.00000144. The molecule has 2 unspecified atom stereocenters. The molecular formula is C12H22ClN3O. The Hall–Kier alpha value is -0.580. The van der Waals surface area contributed by atoms with Gasteiger partial charge in [-0.2, -0.15) is 0 Å². The van der Waals surface area contributed by atoms with E-state index in [0.29, 0.717) is 12.1 Å². The van der Waals surface area contributed by atoms with Crippen molar-refractivity contribution in [2.45, 2.75) is 46.3 Å². The molecule has 5 heteroatoms. The van der Waals surface area contributed by atoms with Crippen molar-refractivity contribution in [1.82, 2.24) is 15.2 Å². The average Bonchev–Trinajstić information content (AvgIpc) is 2.52. The summed E-state index contributed by atoms with van der Waals surface area (Å²) in [6.45, 7) is 11.3. The lowest BCUT2D eigenvalue weighted by atomic mass is 10.1. The van der Waals surface area contributed by atoms with Crippen LogP contribution < -0.4 is 5.32 Å². The smallest absolute Gasteiger partial charge is 0.208 e. The molecule has 0 aromatic carbocycles. The van der Waals surface area contributed by atoms with Crippen LogP contribution in [0.15, 0.2) is 4.42 Å². The molecule has 0 radical (unpaired) electrons. The fraction of sp³-hybridized carbons (Fsp3) is 0.750. The third kappa shape index (κ3) is 3.44. The Kier molecular flexibility index (Phi) is 4.98. The van der Waals surface area contributed by atoms with Gasteiger partial charge in [0.15, 0.2) is 0 Å². The van der Waals surface area contributed by atoms with Crippen LogP contribution in [0.4, 0.5) is 0 Å². The van der Waals surface area contributed by atoms with E-state index in [2.05, 4.69) is 29.0 Å². The van der Waals surface area contributed by atoms with Crippen molar-refractivity contribution >= 4 is 12.4 Å². The first kappa shape index (κ1) is 14.5. The second-order valence-corrected chi connectivity index (χ2v) is 4.84. The van der Waals surface area contributed by atoms with Crippen LogP contribution in [0.5, 0.6) is 0 Å². The second-order valence-electron chi connectivity index (χ2n) is 4.84. The number of aryl methyl sites for hydroxylation is 2. The molecule has 1 aromatic rings. The maximum atomic E-state index is 5.63. The summed E-state index contributed by atoms with van der Waals surface area (Å²) in [4.78, 5) is 6.86. The zero-order valence-corrected chi connectivity index (χ0v) is 11.8. The van der Waals surface area contributed by atoms with Gasteiger partial charge in [0.25, 0.3) is 0 Å². The highest BCUT2D eigenvalue weighted by atomic mass is 35.5. The first-order valence-electron chi connectivity index (χ1n) is 5.96. The lowest BCUT2D eigenvalue weighted by Crippen LogP contribution is -2.53. The van der Waals surface area contributed by atoms with Crippen molar-refractivity contribution in [2.75, 3.05) is 13.1 Å². The molecule has 1 aromatic heterocycles. The minimum absolute atomic E-state index is 0. The number of hydrogen-bond donors (Lipinski definition) is 1.